The molecule has 0 aromatic carbocycles. The van der Waals surface area contributed by atoms with Gasteiger partial charge in [-0.15, -0.1) is 0 Å². The van der Waals surface area contributed by atoms with Crippen LogP contribution in [0.1, 0.15) is 137 Å². The van der Waals surface area contributed by atoms with E-state index in [1.807, 2.05) is 45.9 Å². The average molecular weight is 861 g/mol. The molecule has 0 saturated heterocycles. The number of ketones is 1. The number of ether oxygens (including phenoxy) is 4. The van der Waals surface area contributed by atoms with Gasteiger partial charge in [0.2, 0.25) is 0 Å². The van der Waals surface area contributed by atoms with Gasteiger partial charge in [-0.05, 0) is 145 Å². The fraction of sp³-hybridized carbons (Fsp3) is 0.490. The minimum Gasteiger partial charge on any atom is -0.460 e. The number of aromatic nitrogens is 4. The Morgan fingerprint density at radius 1 is 0.651 bits per heavy atom. The third-order valence-corrected chi connectivity index (χ3v) is 11.6. The second kappa shape index (κ2) is 23.2. The smallest absolute Gasteiger partial charge is 0.306 e. The summed E-state index contributed by atoms with van der Waals surface area (Å²) < 4.78 is 22.6. The number of carbonyl (C=O) groups excluding carboxylic acids is 2. The molecule has 8 bridgehead atoms. The van der Waals surface area contributed by atoms with Crippen LogP contribution >= 0.6 is 0 Å². The number of aryl methyl sites for hydroxylation is 2. The molecule has 338 valence electrons. The molecule has 5 rings (SSSR count). The highest BCUT2D eigenvalue weighted by Crippen LogP contribution is 2.38. The minimum atomic E-state index is -0.587. The Balaban J connectivity index is 1.34. The number of nitrogens with zero attached hydrogens (tertiary/aromatic N) is 2. The highest BCUT2D eigenvalue weighted by atomic mass is 16.6. The number of carbonyl (C=O) groups is 2. The molecular weight excluding hydrogens is 791 g/mol. The van der Waals surface area contributed by atoms with Crippen LogP contribution in [0.4, 0.5) is 0 Å². The van der Waals surface area contributed by atoms with E-state index in [0.29, 0.717) is 65.3 Å². The molecule has 0 aliphatic carbocycles. The molecule has 2 aliphatic heterocycles. The SMILES string of the molecule is C=Cc1c(C)c2cc3[nH]c(cc4nc(cc5nc(cc1[nH]2)C(C)=C5CCC(=O)OC(C)(C)C)C(CCC(=O)CCCCOCCOCCOCCCCB(C)O)=C4C)c(C)c3C=C. The van der Waals surface area contributed by atoms with E-state index in [9.17, 15) is 14.6 Å². The summed E-state index contributed by atoms with van der Waals surface area (Å²) in [5.41, 5.74) is 14.3. The standard InChI is InChI=1S/C51H69BN4O7/c1-11-38-33(3)42-29-43-35(5)40(19-18-37(57)17-13-15-23-60-25-27-62-28-26-61-24-16-14-22-52(10)59)48(55-43)32-49-41(20-21-50(58)63-51(7,8)9)36(6)45(56-49)31-47-39(12-2)34(4)44(54-47)30-46(38)53-42/h11-12,29-32,53-54,59H,1-2,13-28H2,3-10H3. The van der Waals surface area contributed by atoms with E-state index in [4.69, 9.17) is 28.9 Å². The summed E-state index contributed by atoms with van der Waals surface area (Å²) >= 11 is 0. The highest BCUT2D eigenvalue weighted by molar-refractivity contribution is 6.48. The number of aromatic amines is 2. The number of hydrogen-bond donors (Lipinski definition) is 3. The maximum absolute atomic E-state index is 13.3. The van der Waals surface area contributed by atoms with Crippen LogP contribution in [0.3, 0.4) is 0 Å². The second-order valence-corrected chi connectivity index (χ2v) is 17.7. The van der Waals surface area contributed by atoms with Gasteiger partial charge in [-0.25, -0.2) is 9.97 Å². The molecule has 0 radical (unpaired) electrons. The number of esters is 1. The number of Topliss-reactive ketones (excluding diaryl/α,β-unsaturated/α-hetero) is 1. The number of hydrogen-bond acceptors (Lipinski definition) is 9. The Kier molecular flexibility index (Phi) is 18.1. The molecule has 63 heavy (non-hydrogen) atoms. The third-order valence-electron chi connectivity index (χ3n) is 11.6. The fourth-order valence-electron chi connectivity index (χ4n) is 8.02. The van der Waals surface area contributed by atoms with Crippen molar-refractivity contribution in [3.05, 3.63) is 82.5 Å². The summed E-state index contributed by atoms with van der Waals surface area (Å²) in [7, 11) is 0. The monoisotopic (exact) mass is 861 g/mol. The van der Waals surface area contributed by atoms with E-state index in [0.717, 1.165) is 121 Å². The molecular formula is C51H69BN4O7. The first-order chi connectivity index (χ1) is 30.1. The maximum atomic E-state index is 13.3. The first-order valence-electron chi connectivity index (χ1n) is 22.7. The van der Waals surface area contributed by atoms with Gasteiger partial charge in [-0.1, -0.05) is 38.6 Å². The van der Waals surface area contributed by atoms with Crippen LogP contribution in [0.2, 0.25) is 13.1 Å². The van der Waals surface area contributed by atoms with Gasteiger partial charge < -0.3 is 33.9 Å². The number of nitrogens with one attached hydrogen (secondary N) is 2. The maximum Gasteiger partial charge on any atom is 0.306 e. The van der Waals surface area contributed by atoms with Gasteiger partial charge in [0.05, 0.1) is 49.2 Å². The third kappa shape index (κ3) is 13.8. The van der Waals surface area contributed by atoms with Crippen LogP contribution in [0.25, 0.3) is 56.5 Å². The summed E-state index contributed by atoms with van der Waals surface area (Å²) in [6.07, 6.45) is 10.1. The van der Waals surface area contributed by atoms with Crippen molar-refractivity contribution in [2.24, 2.45) is 0 Å². The minimum absolute atomic E-state index is 0.200. The number of rotatable bonds is 24. The number of H-pyrrole nitrogens is 2. The zero-order valence-electron chi connectivity index (χ0n) is 39.1. The second-order valence-electron chi connectivity index (χ2n) is 17.7. The van der Waals surface area contributed by atoms with E-state index < -0.39 is 5.60 Å². The van der Waals surface area contributed by atoms with Crippen LogP contribution in [0, 0.1) is 13.8 Å². The highest BCUT2D eigenvalue weighted by Gasteiger charge is 2.24. The van der Waals surface area contributed by atoms with Crippen molar-refractivity contribution in [2.45, 2.75) is 125 Å². The normalized spacial score (nSPS) is 12.9. The lowest BCUT2D eigenvalue weighted by molar-refractivity contribution is -0.154. The largest absolute Gasteiger partial charge is 0.460 e. The van der Waals surface area contributed by atoms with Crippen molar-refractivity contribution in [2.75, 3.05) is 39.6 Å². The zero-order valence-corrected chi connectivity index (χ0v) is 39.1. The van der Waals surface area contributed by atoms with Gasteiger partial charge in [0, 0.05) is 65.7 Å². The van der Waals surface area contributed by atoms with E-state index in [-0.39, 0.29) is 25.1 Å². The average Bonchev–Trinajstić information content (AvgIpc) is 3.89. The first kappa shape index (κ1) is 49.1. The lowest BCUT2D eigenvalue weighted by atomic mass is 9.67. The molecule has 0 saturated carbocycles. The molecule has 0 unspecified atom stereocenters. The summed E-state index contributed by atoms with van der Waals surface area (Å²) in [4.78, 5) is 44.0. The predicted molar refractivity (Wildman–Crippen MR) is 259 cm³/mol. The molecule has 3 aromatic rings. The number of unbranched alkanes of at least 4 members (excludes halogenated alkanes) is 2. The summed E-state index contributed by atoms with van der Waals surface area (Å²) in [6.45, 7) is 27.1. The number of allylic oxidation sites excluding steroid dienone is 4. The van der Waals surface area contributed by atoms with Gasteiger partial charge in [0.1, 0.15) is 11.4 Å². The Morgan fingerprint density at radius 3 is 1.65 bits per heavy atom. The summed E-state index contributed by atoms with van der Waals surface area (Å²) in [5, 5.41) is 9.32. The van der Waals surface area contributed by atoms with Crippen LogP contribution in [-0.4, -0.2) is 88.9 Å². The Labute approximate surface area is 374 Å². The van der Waals surface area contributed by atoms with Gasteiger partial charge in [-0.2, -0.15) is 0 Å². The van der Waals surface area contributed by atoms with Crippen LogP contribution < -0.4 is 0 Å². The quantitative estimate of drug-likeness (QED) is 0.0454. The molecule has 5 heterocycles. The molecule has 0 amide bonds. The van der Waals surface area contributed by atoms with E-state index >= 15 is 0 Å². The molecule has 0 spiro atoms. The molecule has 3 aromatic heterocycles. The van der Waals surface area contributed by atoms with Gasteiger partial charge in [0.15, 0.2) is 0 Å². The van der Waals surface area contributed by atoms with Crippen molar-refractivity contribution >= 4 is 75.2 Å². The first-order valence-corrected chi connectivity index (χ1v) is 22.7. The van der Waals surface area contributed by atoms with Gasteiger partial charge in [0.25, 0.3) is 6.92 Å². The molecule has 0 atom stereocenters. The molecule has 2 aliphatic rings. The van der Waals surface area contributed by atoms with Crippen molar-refractivity contribution in [3.63, 3.8) is 0 Å². The van der Waals surface area contributed by atoms with Crippen molar-refractivity contribution in [1.82, 2.24) is 19.9 Å². The number of fused-ring (bicyclic) bond motifs is 8. The molecule has 3 N–H and O–H groups in total. The van der Waals surface area contributed by atoms with E-state index in [2.05, 4.69) is 62.1 Å². The summed E-state index contributed by atoms with van der Waals surface area (Å²) in [6, 6.07) is 8.28. The molecule has 11 nitrogen and oxygen atoms in total. The Bertz CT molecular complexity index is 2360. The van der Waals surface area contributed by atoms with Crippen molar-refractivity contribution in [1.29, 1.82) is 0 Å². The van der Waals surface area contributed by atoms with E-state index in [1.165, 1.54) is 0 Å². The Morgan fingerprint density at radius 2 is 1.13 bits per heavy atom. The lowest BCUT2D eigenvalue weighted by Gasteiger charge is -2.19. The Hall–Kier alpha value is -4.88. The lowest BCUT2D eigenvalue weighted by Crippen LogP contribution is -2.23. The van der Waals surface area contributed by atoms with Gasteiger partial charge >= 0.3 is 5.97 Å². The molecule has 12 heteroatoms. The van der Waals surface area contributed by atoms with Gasteiger partial charge in [-0.3, -0.25) is 9.59 Å². The predicted octanol–water partition coefficient (Wildman–Crippen LogP) is 11.2. The summed E-state index contributed by atoms with van der Waals surface area (Å²) in [5.74, 6) is -0.0642. The van der Waals surface area contributed by atoms with Crippen LogP contribution in [0.15, 0.2) is 37.4 Å². The van der Waals surface area contributed by atoms with E-state index in [1.54, 1.807) is 6.82 Å². The van der Waals surface area contributed by atoms with Crippen LogP contribution in [-0.2, 0) is 28.5 Å². The van der Waals surface area contributed by atoms with Crippen molar-refractivity contribution < 1.29 is 33.6 Å². The topological polar surface area (TPSA) is 149 Å². The van der Waals surface area contributed by atoms with Crippen LogP contribution in [0.5, 0.6) is 0 Å². The zero-order chi connectivity index (χ0) is 45.7. The van der Waals surface area contributed by atoms with Crippen molar-refractivity contribution in [3.8, 4) is 0 Å². The fourth-order valence-corrected chi connectivity index (χ4v) is 8.02. The molecule has 0 fully saturated rings.